The van der Waals surface area contributed by atoms with Crippen LogP contribution in [0.3, 0.4) is 0 Å². The summed E-state index contributed by atoms with van der Waals surface area (Å²) in [4.78, 5) is 25.4. The van der Waals surface area contributed by atoms with Crippen LogP contribution in [0.5, 0.6) is 0 Å². The maximum absolute atomic E-state index is 12.5. The lowest BCUT2D eigenvalue weighted by molar-refractivity contribution is -0.148. The van der Waals surface area contributed by atoms with Crippen LogP contribution in [0.15, 0.2) is 30.3 Å². The number of rotatable bonds is 4. The van der Waals surface area contributed by atoms with E-state index in [1.54, 1.807) is 11.9 Å². The quantitative estimate of drug-likeness (QED) is 0.918. The molecule has 1 saturated carbocycles. The highest BCUT2D eigenvalue weighted by Gasteiger charge is 2.42. The van der Waals surface area contributed by atoms with Crippen LogP contribution >= 0.6 is 0 Å². The first-order valence-electron chi connectivity index (χ1n) is 7.00. The first-order chi connectivity index (χ1) is 9.49. The lowest BCUT2D eigenvalue weighted by Gasteiger charge is -2.23. The Kier molecular flexibility index (Phi) is 4.42. The Balaban J connectivity index is 2.04. The van der Waals surface area contributed by atoms with Crippen molar-refractivity contribution in [1.82, 2.24) is 4.90 Å². The molecule has 1 amide bonds. The summed E-state index contributed by atoms with van der Waals surface area (Å²) >= 11 is 0. The lowest BCUT2D eigenvalue weighted by atomic mass is 9.95. The number of hydrogen-bond acceptors (Lipinski definition) is 2. The molecule has 0 saturated heterocycles. The second-order valence-electron chi connectivity index (χ2n) is 5.81. The third kappa shape index (κ3) is 3.18. The normalized spacial score (nSPS) is 25.4. The van der Waals surface area contributed by atoms with E-state index in [-0.39, 0.29) is 11.8 Å². The van der Waals surface area contributed by atoms with Crippen molar-refractivity contribution in [3.05, 3.63) is 35.9 Å². The second-order valence-corrected chi connectivity index (χ2v) is 5.81. The van der Waals surface area contributed by atoms with Crippen LogP contribution in [0.25, 0.3) is 0 Å². The monoisotopic (exact) mass is 275 g/mol. The molecule has 0 bridgehead atoms. The van der Waals surface area contributed by atoms with Gasteiger partial charge in [-0.3, -0.25) is 9.59 Å². The fraction of sp³-hybridized carbons (Fsp3) is 0.500. The third-order valence-electron chi connectivity index (χ3n) is 4.07. The van der Waals surface area contributed by atoms with Crippen molar-refractivity contribution in [2.24, 2.45) is 17.8 Å². The fourth-order valence-corrected chi connectivity index (χ4v) is 3.06. The van der Waals surface area contributed by atoms with E-state index in [1.165, 1.54) is 0 Å². The van der Waals surface area contributed by atoms with Crippen molar-refractivity contribution in [2.45, 2.75) is 26.3 Å². The standard InChI is InChI=1S/C16H21NO3/c1-11-8-13(14(9-11)16(19)20)15(18)17(2)10-12-6-4-3-5-7-12/h3-7,11,13-14H,8-10H2,1-2H3,(H,19,20)/t11?,13-,14+/m0/s1. The topological polar surface area (TPSA) is 57.6 Å². The first-order valence-corrected chi connectivity index (χ1v) is 7.00. The zero-order valence-corrected chi connectivity index (χ0v) is 12.0. The molecule has 0 heterocycles. The molecule has 0 aromatic heterocycles. The largest absolute Gasteiger partial charge is 0.481 e. The van der Waals surface area contributed by atoms with Gasteiger partial charge in [-0.05, 0) is 24.3 Å². The summed E-state index contributed by atoms with van der Waals surface area (Å²) in [6.45, 7) is 2.54. The van der Waals surface area contributed by atoms with Gasteiger partial charge in [0.25, 0.3) is 0 Å². The summed E-state index contributed by atoms with van der Waals surface area (Å²) < 4.78 is 0. The predicted molar refractivity (Wildman–Crippen MR) is 75.9 cm³/mol. The molecule has 1 unspecified atom stereocenters. The molecule has 1 aromatic rings. The van der Waals surface area contributed by atoms with E-state index in [0.717, 1.165) is 5.56 Å². The number of amides is 1. The van der Waals surface area contributed by atoms with Crippen LogP contribution in [-0.4, -0.2) is 28.9 Å². The average Bonchev–Trinajstić information content (AvgIpc) is 2.81. The average molecular weight is 275 g/mol. The van der Waals surface area contributed by atoms with Gasteiger partial charge in [0, 0.05) is 13.6 Å². The zero-order valence-electron chi connectivity index (χ0n) is 12.0. The number of carbonyl (C=O) groups excluding carboxylic acids is 1. The van der Waals surface area contributed by atoms with Crippen molar-refractivity contribution in [2.75, 3.05) is 7.05 Å². The fourth-order valence-electron chi connectivity index (χ4n) is 3.06. The molecule has 2 rings (SSSR count). The number of aliphatic carboxylic acids is 1. The molecule has 1 aliphatic carbocycles. The van der Waals surface area contributed by atoms with Crippen molar-refractivity contribution >= 4 is 11.9 Å². The molecule has 108 valence electrons. The van der Waals surface area contributed by atoms with E-state index in [1.807, 2.05) is 37.3 Å². The van der Waals surface area contributed by atoms with Gasteiger partial charge in [-0.1, -0.05) is 37.3 Å². The Hall–Kier alpha value is -1.84. The summed E-state index contributed by atoms with van der Waals surface area (Å²) in [5, 5.41) is 9.25. The zero-order chi connectivity index (χ0) is 14.7. The minimum Gasteiger partial charge on any atom is -0.481 e. The number of nitrogens with zero attached hydrogens (tertiary/aromatic N) is 1. The summed E-state index contributed by atoms with van der Waals surface area (Å²) in [6, 6.07) is 9.74. The van der Waals surface area contributed by atoms with Crippen LogP contribution in [0, 0.1) is 17.8 Å². The van der Waals surface area contributed by atoms with E-state index < -0.39 is 11.9 Å². The van der Waals surface area contributed by atoms with Crippen LogP contribution in [0.1, 0.15) is 25.3 Å². The highest BCUT2D eigenvalue weighted by Crippen LogP contribution is 2.37. The molecule has 0 aliphatic heterocycles. The molecule has 1 aromatic carbocycles. The Morgan fingerprint density at radius 2 is 1.80 bits per heavy atom. The number of carboxylic acid groups (broad SMARTS) is 1. The van der Waals surface area contributed by atoms with Gasteiger partial charge in [-0.15, -0.1) is 0 Å². The smallest absolute Gasteiger partial charge is 0.307 e. The summed E-state index contributed by atoms with van der Waals surface area (Å²) in [6.07, 6.45) is 1.28. The number of benzene rings is 1. The molecule has 1 aliphatic rings. The molecule has 3 atom stereocenters. The molecule has 4 heteroatoms. The molecule has 20 heavy (non-hydrogen) atoms. The maximum Gasteiger partial charge on any atom is 0.307 e. The Labute approximate surface area is 119 Å². The number of carbonyl (C=O) groups is 2. The van der Waals surface area contributed by atoms with Gasteiger partial charge < -0.3 is 10.0 Å². The van der Waals surface area contributed by atoms with Gasteiger partial charge in [0.1, 0.15) is 0 Å². The highest BCUT2D eigenvalue weighted by atomic mass is 16.4. The van der Waals surface area contributed by atoms with Crippen molar-refractivity contribution in [3.63, 3.8) is 0 Å². The van der Waals surface area contributed by atoms with Gasteiger partial charge in [0.2, 0.25) is 5.91 Å². The number of carboxylic acids is 1. The van der Waals surface area contributed by atoms with E-state index in [4.69, 9.17) is 0 Å². The number of hydrogen-bond donors (Lipinski definition) is 1. The van der Waals surface area contributed by atoms with E-state index in [9.17, 15) is 14.7 Å². The Morgan fingerprint density at radius 1 is 1.20 bits per heavy atom. The molecular weight excluding hydrogens is 254 g/mol. The highest BCUT2D eigenvalue weighted by molar-refractivity contribution is 5.85. The van der Waals surface area contributed by atoms with Gasteiger partial charge in [0.15, 0.2) is 0 Å². The minimum atomic E-state index is -0.846. The summed E-state index contributed by atoms with van der Waals surface area (Å²) in [5.74, 6) is -1.51. The van der Waals surface area contributed by atoms with Gasteiger partial charge in [0.05, 0.1) is 11.8 Å². The summed E-state index contributed by atoms with van der Waals surface area (Å²) in [7, 11) is 1.75. The predicted octanol–water partition coefficient (Wildman–Crippen LogP) is 2.39. The second kappa shape index (κ2) is 6.07. The van der Waals surface area contributed by atoms with Gasteiger partial charge in [-0.2, -0.15) is 0 Å². The lowest BCUT2D eigenvalue weighted by Crippen LogP contribution is -2.36. The molecular formula is C16H21NO3. The molecule has 1 fully saturated rings. The van der Waals surface area contributed by atoms with Crippen LogP contribution in [0.4, 0.5) is 0 Å². The molecule has 0 spiro atoms. The van der Waals surface area contributed by atoms with Crippen LogP contribution in [-0.2, 0) is 16.1 Å². The van der Waals surface area contributed by atoms with Gasteiger partial charge >= 0.3 is 5.97 Å². The first kappa shape index (κ1) is 14.6. The third-order valence-corrected chi connectivity index (χ3v) is 4.07. The Morgan fingerprint density at radius 3 is 2.40 bits per heavy atom. The minimum absolute atomic E-state index is 0.0504. The van der Waals surface area contributed by atoms with Crippen LogP contribution < -0.4 is 0 Å². The molecule has 1 N–H and O–H groups in total. The van der Waals surface area contributed by atoms with Crippen molar-refractivity contribution < 1.29 is 14.7 Å². The van der Waals surface area contributed by atoms with Crippen molar-refractivity contribution in [1.29, 1.82) is 0 Å². The SMILES string of the molecule is CC1C[C@H](C(=O)N(C)Cc2ccccc2)[C@H](C(=O)O)C1. The van der Waals surface area contributed by atoms with E-state index in [0.29, 0.717) is 25.3 Å². The molecule has 0 radical (unpaired) electrons. The Bertz CT molecular complexity index is 486. The van der Waals surface area contributed by atoms with E-state index in [2.05, 4.69) is 0 Å². The summed E-state index contributed by atoms with van der Waals surface area (Å²) in [5.41, 5.74) is 1.06. The maximum atomic E-state index is 12.5. The van der Waals surface area contributed by atoms with Crippen molar-refractivity contribution in [3.8, 4) is 0 Å². The van der Waals surface area contributed by atoms with Gasteiger partial charge in [-0.25, -0.2) is 0 Å². The van der Waals surface area contributed by atoms with Crippen LogP contribution in [0.2, 0.25) is 0 Å². The van der Waals surface area contributed by atoms with E-state index >= 15 is 0 Å². The molecule has 4 nitrogen and oxygen atoms in total.